The molecule has 0 N–H and O–H groups in total. The van der Waals surface area contributed by atoms with E-state index in [2.05, 4.69) is 0 Å². The van der Waals surface area contributed by atoms with Crippen molar-refractivity contribution < 1.29 is 52.7 Å². The molecule has 0 unspecified atom stereocenters. The lowest BCUT2D eigenvalue weighted by molar-refractivity contribution is 0.590. The second-order valence-corrected chi connectivity index (χ2v) is 25.8. The summed E-state index contributed by atoms with van der Waals surface area (Å²) in [5.41, 5.74) is -8.69. The smallest absolute Gasteiger partial charge is 0.252 e. The Balaban J connectivity index is 1.08. The number of aromatic nitrogens is 2. The quantitative estimate of drug-likeness (QED) is 0.142. The lowest BCUT2D eigenvalue weighted by Gasteiger charge is -2.46. The van der Waals surface area contributed by atoms with E-state index in [1.165, 1.54) is 9.80 Å². The van der Waals surface area contributed by atoms with Crippen molar-refractivity contribution in [3.8, 4) is 55.9 Å². The van der Waals surface area contributed by atoms with Gasteiger partial charge in [0.05, 0.1) is 77.3 Å². The van der Waals surface area contributed by atoms with Crippen molar-refractivity contribution >= 4 is 145 Å². The largest absolute Gasteiger partial charge is 0.454 e. The van der Waals surface area contributed by atoms with Crippen LogP contribution < -0.4 is 26.2 Å². The molecule has 0 atom stereocenters. The Kier molecular flexibility index (Phi) is 7.37. The molecule has 0 radical (unpaired) electrons. The van der Waals surface area contributed by atoms with Gasteiger partial charge in [0, 0.05) is 88.3 Å². The number of rotatable bonds is 8. The van der Waals surface area contributed by atoms with E-state index < -0.39 is 293 Å². The van der Waals surface area contributed by atoms with Crippen LogP contribution in [0.5, 0.6) is 0 Å². The first kappa shape index (κ1) is 34.1. The van der Waals surface area contributed by atoms with Gasteiger partial charge in [-0.25, -0.2) is 0 Å². The molecule has 19 aromatic rings. The van der Waals surface area contributed by atoms with Gasteiger partial charge in [0.1, 0.15) is 11.2 Å². The first-order chi connectivity index (χ1) is 63.1. The van der Waals surface area contributed by atoms with Gasteiger partial charge in [-0.15, -0.1) is 0 Å². The van der Waals surface area contributed by atoms with Gasteiger partial charge < -0.3 is 27.8 Å². The molecule has 6 nitrogen and oxygen atoms in total. The highest BCUT2D eigenvalue weighted by Crippen LogP contribution is 2.57. The molecule has 0 saturated carbocycles. The van der Waals surface area contributed by atoms with Gasteiger partial charge in [-0.1, -0.05) is 263 Å². The third kappa shape index (κ3) is 8.47. The molecule has 0 saturated heterocycles. The minimum absolute atomic E-state index is 0.0251. The number of nitrogens with zero attached hydrogens (tertiary/aromatic N) is 4. The van der Waals surface area contributed by atoms with Gasteiger partial charge >= 0.3 is 0 Å². The van der Waals surface area contributed by atoms with Crippen molar-refractivity contribution in [3.05, 3.63) is 332 Å². The molecule has 4 aromatic heterocycles. The van der Waals surface area contributed by atoms with E-state index in [1.54, 1.807) is 133 Å². The molecule has 7 heteroatoms. The highest BCUT2D eigenvalue weighted by Gasteiger charge is 2.47. The summed E-state index contributed by atoms with van der Waals surface area (Å²) >= 11 is 0. The number of hydrogen-bond acceptors (Lipinski definition) is 4. The molecular weight excluding hydrogens is 1230 g/mol. The summed E-state index contributed by atoms with van der Waals surface area (Å²) in [6.07, 6.45) is 0. The van der Waals surface area contributed by atoms with Crippen molar-refractivity contribution in [3.63, 3.8) is 0 Å². The van der Waals surface area contributed by atoms with Gasteiger partial charge in [-0.3, -0.25) is 0 Å². The third-order valence-corrected chi connectivity index (χ3v) is 19.2. The fourth-order valence-corrected chi connectivity index (χ4v) is 14.8. The fourth-order valence-electron chi connectivity index (χ4n) is 14.8. The van der Waals surface area contributed by atoms with Crippen molar-refractivity contribution in [2.24, 2.45) is 0 Å². The Labute approximate surface area is 629 Å². The van der Waals surface area contributed by atoms with Crippen LogP contribution in [0.1, 0.15) is 70.2 Å². The standard InChI is InChI=1S/C94H63BN4O2/c1-94(2,3)62-52-83-89-84(53-62)99(91-88(61-34-14-7-15-35-61)72(59-30-10-5-11-31-59)57-74-70-41-21-27-47-86(70)101-93(74)91)82-55-64(97-79-44-24-18-38-67(79)68-39-19-25-45-80(68)97)49-51-76(82)95(89)75-50-48-63(96-77-42-22-16-36-65(77)66-37-17-23-43-78(66)96)54-81(75)98(83)90-87(60-32-12-6-13-33-60)71(58-28-8-4-9-29-58)56-73-69-40-20-26-46-85(69)100-92(73)90/h4-57H,1-3H3/i16D,17D,18D,19D,20D,21D,22D,23D,24D,25D,26D,27D,36D,37D,38D,39D,40D,41D,42D,43D,44D,45D,46D,47D,48D,49D,50D,51D,54D,55D,56D,57D. The maximum atomic E-state index is 11.8. The Morgan fingerprint density at radius 1 is 0.337 bits per heavy atom. The minimum atomic E-state index is -2.04. The van der Waals surface area contributed by atoms with E-state index >= 15 is 0 Å². The summed E-state index contributed by atoms with van der Waals surface area (Å²) in [5, 5.41) is -3.22. The summed E-state index contributed by atoms with van der Waals surface area (Å²) in [4.78, 5) is 2.89. The fraction of sp³-hybridized carbons (Fsp3) is 0.0426. The summed E-state index contributed by atoms with van der Waals surface area (Å²) < 4.78 is 336. The SMILES string of the molecule is [2H]c1c([2H])c(-n2c3c([2H])c([2H])c([2H])c([2H])c3c3c([2H])c([2H])c([2H])c([2H])c32)c([2H])c2c1B1c3c(cc(C(C)(C)C)cc3N(c3c(-c4ccccc4)c(-c4ccccc4)c([2H])c4c3oc3c([2H])c([2H])c([2H])c([2H])c34)c3c([2H])c(-n4c5c([2H])c([2H])c([2H])c([2H])c5c5c([2H])c([2H])c([2H])c([2H])c54)c([2H])c([2H])c31)N2c1c(-c2ccccc2)c(-c2ccccc2)c([2H])c2c1oc1c([2H])c([2H])c([2H])c([2H])c12. The second-order valence-electron chi connectivity index (χ2n) is 25.8. The molecular formula is C94H63BN4O2. The topological polar surface area (TPSA) is 42.6 Å². The lowest BCUT2D eigenvalue weighted by Crippen LogP contribution is -2.61. The summed E-state index contributed by atoms with van der Waals surface area (Å²) in [7, 11) is 0. The van der Waals surface area contributed by atoms with E-state index in [9.17, 15) is 38.4 Å². The van der Waals surface area contributed by atoms with Gasteiger partial charge in [0.2, 0.25) is 0 Å². The zero-order valence-electron chi connectivity index (χ0n) is 85.4. The van der Waals surface area contributed by atoms with Crippen LogP contribution in [0.15, 0.2) is 336 Å². The predicted octanol–water partition coefficient (Wildman–Crippen LogP) is 23.7. The van der Waals surface area contributed by atoms with Gasteiger partial charge in [0.15, 0.2) is 11.2 Å². The highest BCUT2D eigenvalue weighted by molar-refractivity contribution is 7.00. The maximum absolute atomic E-state index is 11.8. The van der Waals surface area contributed by atoms with Crippen molar-refractivity contribution in [1.29, 1.82) is 0 Å². The van der Waals surface area contributed by atoms with Crippen LogP contribution in [-0.4, -0.2) is 15.8 Å². The van der Waals surface area contributed by atoms with Gasteiger partial charge in [-0.05, 0) is 145 Å². The van der Waals surface area contributed by atoms with E-state index in [0.717, 1.165) is 9.13 Å². The molecule has 2 aliphatic rings. The zero-order chi connectivity index (χ0) is 94.6. The number of para-hydroxylation sites is 6. The average Bonchev–Trinajstić information content (AvgIpc) is 1.63. The van der Waals surface area contributed by atoms with E-state index in [4.69, 9.17) is 14.3 Å². The number of anilines is 6. The number of benzene rings is 15. The Hall–Kier alpha value is -12.8. The van der Waals surface area contributed by atoms with Crippen LogP contribution in [0.4, 0.5) is 34.1 Å². The zero-order valence-corrected chi connectivity index (χ0v) is 53.4. The van der Waals surface area contributed by atoms with Crippen LogP contribution in [0.25, 0.3) is 143 Å². The molecule has 21 rings (SSSR count). The first-order valence-corrected chi connectivity index (χ1v) is 32.4. The monoisotopic (exact) mass is 1320 g/mol. The number of furan rings is 2. The summed E-state index contributed by atoms with van der Waals surface area (Å²) in [6.45, 7) is 3.41. The molecule has 2 aliphatic heterocycles. The maximum Gasteiger partial charge on any atom is 0.252 e. The van der Waals surface area contributed by atoms with Crippen LogP contribution in [0.2, 0.25) is 0 Å². The first-order valence-electron chi connectivity index (χ1n) is 48.4. The molecule has 101 heavy (non-hydrogen) atoms. The second kappa shape index (κ2) is 21.8. The number of fused-ring (bicyclic) bond motifs is 16. The van der Waals surface area contributed by atoms with Crippen molar-refractivity contribution in [2.45, 2.75) is 26.2 Å². The molecule has 0 fully saturated rings. The summed E-state index contributed by atoms with van der Waals surface area (Å²) in [6, 6.07) is 10.7. The molecule has 0 bridgehead atoms. The number of hydrogen-bond donors (Lipinski definition) is 0. The minimum Gasteiger partial charge on any atom is -0.454 e. The molecule has 6 heterocycles. The normalized spacial score (nSPS) is 17.3. The van der Waals surface area contributed by atoms with E-state index in [1.807, 2.05) is 20.8 Å². The van der Waals surface area contributed by atoms with E-state index in [0.29, 0.717) is 11.1 Å². The van der Waals surface area contributed by atoms with Crippen molar-refractivity contribution in [1.82, 2.24) is 9.13 Å². The van der Waals surface area contributed by atoms with Crippen molar-refractivity contribution in [2.75, 3.05) is 9.80 Å². The molecule has 0 amide bonds. The molecule has 15 aromatic carbocycles. The summed E-state index contributed by atoms with van der Waals surface area (Å²) in [5.74, 6) is 0. The van der Waals surface area contributed by atoms with Crippen LogP contribution >= 0.6 is 0 Å². The Morgan fingerprint density at radius 3 is 1.04 bits per heavy atom. The van der Waals surface area contributed by atoms with Crippen LogP contribution in [-0.2, 0) is 5.41 Å². The Morgan fingerprint density at radius 2 is 0.673 bits per heavy atom. The van der Waals surface area contributed by atoms with Crippen LogP contribution in [0.3, 0.4) is 0 Å². The third-order valence-electron chi connectivity index (χ3n) is 19.2. The van der Waals surface area contributed by atoms with Gasteiger partial charge in [-0.2, -0.15) is 0 Å². The van der Waals surface area contributed by atoms with E-state index in [-0.39, 0.29) is 101 Å². The highest BCUT2D eigenvalue weighted by atomic mass is 16.3. The molecule has 474 valence electrons. The Bertz CT molecular complexity index is 8010. The van der Waals surface area contributed by atoms with Gasteiger partial charge in [0.25, 0.3) is 6.71 Å². The average molecular weight is 1320 g/mol. The van der Waals surface area contributed by atoms with Crippen LogP contribution in [0, 0.1) is 0 Å². The predicted molar refractivity (Wildman–Crippen MR) is 424 cm³/mol. The molecule has 0 spiro atoms. The lowest BCUT2D eigenvalue weighted by atomic mass is 9.33. The molecule has 0 aliphatic carbocycles.